The molecule has 0 saturated carbocycles. The Labute approximate surface area is 149 Å². The summed E-state index contributed by atoms with van der Waals surface area (Å²) in [5.41, 5.74) is 9.48. The molecule has 0 radical (unpaired) electrons. The van der Waals surface area contributed by atoms with Gasteiger partial charge in [0.15, 0.2) is 5.96 Å². The Hall–Kier alpha value is -2.53. The summed E-state index contributed by atoms with van der Waals surface area (Å²) in [4.78, 5) is 4.43. The second-order valence-electron chi connectivity index (χ2n) is 5.63. The quantitative estimate of drug-likeness (QED) is 0.543. The molecular formula is C20H27N3O2. The summed E-state index contributed by atoms with van der Waals surface area (Å²) in [6.45, 7) is 4.58. The maximum atomic E-state index is 5.97. The number of guanidine groups is 1. The van der Waals surface area contributed by atoms with E-state index in [9.17, 15) is 0 Å². The van der Waals surface area contributed by atoms with Crippen LogP contribution in [0.15, 0.2) is 53.5 Å². The van der Waals surface area contributed by atoms with Gasteiger partial charge in [-0.05, 0) is 42.2 Å². The molecular weight excluding hydrogens is 314 g/mol. The highest BCUT2D eigenvalue weighted by Crippen LogP contribution is 2.12. The molecule has 0 aliphatic heterocycles. The van der Waals surface area contributed by atoms with Crippen molar-refractivity contribution in [3.05, 3.63) is 65.2 Å². The third-order valence-corrected chi connectivity index (χ3v) is 3.88. The van der Waals surface area contributed by atoms with Crippen LogP contribution in [0.4, 0.5) is 0 Å². The topological polar surface area (TPSA) is 68.9 Å². The second kappa shape index (κ2) is 10.4. The molecule has 0 aromatic heterocycles. The number of ether oxygens (including phenoxy) is 2. The number of benzene rings is 2. The minimum absolute atomic E-state index is 0.458. The second-order valence-corrected chi connectivity index (χ2v) is 5.63. The molecule has 0 spiro atoms. The minimum Gasteiger partial charge on any atom is -0.497 e. The van der Waals surface area contributed by atoms with Crippen LogP contribution >= 0.6 is 0 Å². The summed E-state index contributed by atoms with van der Waals surface area (Å²) >= 11 is 0. The van der Waals surface area contributed by atoms with E-state index in [1.807, 2.05) is 31.2 Å². The van der Waals surface area contributed by atoms with Gasteiger partial charge in [-0.15, -0.1) is 0 Å². The van der Waals surface area contributed by atoms with Gasteiger partial charge in [0.25, 0.3) is 0 Å². The van der Waals surface area contributed by atoms with E-state index in [0.717, 1.165) is 29.8 Å². The van der Waals surface area contributed by atoms with Crippen LogP contribution in [0, 0.1) is 0 Å². The Morgan fingerprint density at radius 3 is 2.48 bits per heavy atom. The largest absolute Gasteiger partial charge is 0.497 e. The van der Waals surface area contributed by atoms with Crippen molar-refractivity contribution < 1.29 is 9.47 Å². The third kappa shape index (κ3) is 6.47. The fraction of sp³-hybridized carbons (Fsp3) is 0.350. The number of hydrogen-bond acceptors (Lipinski definition) is 3. The van der Waals surface area contributed by atoms with Gasteiger partial charge in [-0.3, -0.25) is 0 Å². The number of methoxy groups -OCH3 is 1. The minimum atomic E-state index is 0.458. The summed E-state index contributed by atoms with van der Waals surface area (Å²) in [5, 5.41) is 3.16. The maximum absolute atomic E-state index is 5.97. The zero-order valence-electron chi connectivity index (χ0n) is 15.0. The van der Waals surface area contributed by atoms with Crippen molar-refractivity contribution in [2.75, 3.05) is 20.3 Å². The highest BCUT2D eigenvalue weighted by Gasteiger charge is 2.02. The van der Waals surface area contributed by atoms with E-state index in [4.69, 9.17) is 15.2 Å². The smallest absolute Gasteiger partial charge is 0.188 e. The molecule has 0 amide bonds. The molecule has 134 valence electrons. The maximum Gasteiger partial charge on any atom is 0.188 e. The van der Waals surface area contributed by atoms with Gasteiger partial charge in [0, 0.05) is 13.2 Å². The van der Waals surface area contributed by atoms with Crippen LogP contribution in [-0.4, -0.2) is 26.2 Å². The number of aliphatic imine (C=N–C) groups is 1. The lowest BCUT2D eigenvalue weighted by Gasteiger charge is -2.09. The summed E-state index contributed by atoms with van der Waals surface area (Å²) in [6.07, 6.45) is 0.876. The normalized spacial score (nSPS) is 11.4. The molecule has 2 rings (SSSR count). The lowest BCUT2D eigenvalue weighted by atomic mass is 10.1. The van der Waals surface area contributed by atoms with Crippen molar-refractivity contribution in [2.24, 2.45) is 10.7 Å². The van der Waals surface area contributed by atoms with Crippen molar-refractivity contribution >= 4 is 5.96 Å². The molecule has 0 bridgehead atoms. The standard InChI is InChI=1S/C20H27N3O2/c1-3-25-15-18-7-5-4-6-17(18)14-23-20(21)22-13-12-16-8-10-19(24-2)11-9-16/h4-11H,3,12-15H2,1-2H3,(H3,21,22,23). The van der Waals surface area contributed by atoms with Crippen molar-refractivity contribution in [1.82, 2.24) is 5.32 Å². The van der Waals surface area contributed by atoms with Crippen LogP contribution in [0.1, 0.15) is 23.6 Å². The molecule has 2 aromatic carbocycles. The first kappa shape index (κ1) is 18.8. The molecule has 3 N–H and O–H groups in total. The van der Waals surface area contributed by atoms with Gasteiger partial charge < -0.3 is 20.5 Å². The van der Waals surface area contributed by atoms with E-state index in [1.165, 1.54) is 5.56 Å². The molecule has 0 saturated heterocycles. The van der Waals surface area contributed by atoms with Gasteiger partial charge in [-0.25, -0.2) is 4.99 Å². The molecule has 0 fully saturated rings. The molecule has 0 aliphatic rings. The first-order chi connectivity index (χ1) is 12.2. The Morgan fingerprint density at radius 1 is 1.08 bits per heavy atom. The van der Waals surface area contributed by atoms with E-state index in [0.29, 0.717) is 25.7 Å². The Balaban J connectivity index is 1.81. The SMILES string of the molecule is CCOCc1ccccc1CN=C(N)NCCc1ccc(OC)cc1. The summed E-state index contributed by atoms with van der Waals surface area (Å²) in [7, 11) is 1.67. The summed E-state index contributed by atoms with van der Waals surface area (Å²) in [6, 6.07) is 16.2. The van der Waals surface area contributed by atoms with Crippen LogP contribution in [0.2, 0.25) is 0 Å². The van der Waals surface area contributed by atoms with E-state index < -0.39 is 0 Å². The van der Waals surface area contributed by atoms with Crippen molar-refractivity contribution in [2.45, 2.75) is 26.5 Å². The number of rotatable bonds is 9. The summed E-state index contributed by atoms with van der Waals surface area (Å²) in [5.74, 6) is 1.32. The van der Waals surface area contributed by atoms with Crippen molar-refractivity contribution in [1.29, 1.82) is 0 Å². The number of nitrogens with two attached hydrogens (primary N) is 1. The highest BCUT2D eigenvalue weighted by molar-refractivity contribution is 5.77. The highest BCUT2D eigenvalue weighted by atomic mass is 16.5. The third-order valence-electron chi connectivity index (χ3n) is 3.88. The molecule has 25 heavy (non-hydrogen) atoms. The fourth-order valence-corrected chi connectivity index (χ4v) is 2.42. The van der Waals surface area contributed by atoms with Gasteiger partial charge in [-0.1, -0.05) is 36.4 Å². The molecule has 2 aromatic rings. The number of nitrogens with one attached hydrogen (secondary N) is 1. The predicted molar refractivity (Wildman–Crippen MR) is 102 cm³/mol. The number of nitrogens with zero attached hydrogens (tertiary/aromatic N) is 1. The van der Waals surface area contributed by atoms with Gasteiger partial charge >= 0.3 is 0 Å². The van der Waals surface area contributed by atoms with Crippen LogP contribution in [0.3, 0.4) is 0 Å². The first-order valence-electron chi connectivity index (χ1n) is 8.54. The Kier molecular flexibility index (Phi) is 7.79. The van der Waals surface area contributed by atoms with Gasteiger partial charge in [-0.2, -0.15) is 0 Å². The van der Waals surface area contributed by atoms with Crippen molar-refractivity contribution in [3.63, 3.8) is 0 Å². The lowest BCUT2D eigenvalue weighted by Crippen LogP contribution is -2.33. The van der Waals surface area contributed by atoms with E-state index >= 15 is 0 Å². The number of hydrogen-bond donors (Lipinski definition) is 2. The zero-order valence-corrected chi connectivity index (χ0v) is 15.0. The van der Waals surface area contributed by atoms with E-state index in [1.54, 1.807) is 7.11 Å². The Morgan fingerprint density at radius 2 is 1.80 bits per heavy atom. The fourth-order valence-electron chi connectivity index (χ4n) is 2.42. The predicted octanol–water partition coefficient (Wildman–Crippen LogP) is 2.88. The van der Waals surface area contributed by atoms with Gasteiger partial charge in [0.2, 0.25) is 0 Å². The van der Waals surface area contributed by atoms with Gasteiger partial charge in [0.05, 0.1) is 20.3 Å². The first-order valence-corrected chi connectivity index (χ1v) is 8.54. The van der Waals surface area contributed by atoms with Crippen LogP contribution in [-0.2, 0) is 24.3 Å². The Bertz CT molecular complexity index is 669. The van der Waals surface area contributed by atoms with Crippen LogP contribution in [0.25, 0.3) is 0 Å². The lowest BCUT2D eigenvalue weighted by molar-refractivity contribution is 0.133. The van der Waals surface area contributed by atoms with E-state index in [-0.39, 0.29) is 0 Å². The van der Waals surface area contributed by atoms with Gasteiger partial charge in [0.1, 0.15) is 5.75 Å². The monoisotopic (exact) mass is 341 g/mol. The molecule has 5 heteroatoms. The van der Waals surface area contributed by atoms with Crippen molar-refractivity contribution in [3.8, 4) is 5.75 Å². The summed E-state index contributed by atoms with van der Waals surface area (Å²) < 4.78 is 10.6. The van der Waals surface area contributed by atoms with E-state index in [2.05, 4.69) is 34.6 Å². The molecule has 0 atom stereocenters. The molecule has 0 aliphatic carbocycles. The molecule has 0 unspecified atom stereocenters. The zero-order chi connectivity index (χ0) is 17.9. The molecule has 0 heterocycles. The van der Waals surface area contributed by atoms with Crippen LogP contribution in [0.5, 0.6) is 5.75 Å². The molecule has 5 nitrogen and oxygen atoms in total. The average Bonchev–Trinajstić information content (AvgIpc) is 2.66. The van der Waals surface area contributed by atoms with Crippen LogP contribution < -0.4 is 15.8 Å². The average molecular weight is 341 g/mol.